The van der Waals surface area contributed by atoms with Crippen LogP contribution in [0.15, 0.2) is 30.3 Å². The molecule has 1 aromatic rings. The van der Waals surface area contributed by atoms with Crippen LogP contribution in [0.2, 0.25) is 0 Å². The fraction of sp³-hybridized carbons (Fsp3) is 0.417. The van der Waals surface area contributed by atoms with Gasteiger partial charge in [-0.1, -0.05) is 44.2 Å². The molecule has 0 radical (unpaired) electrons. The monoisotopic (exact) mass is 203 g/mol. The highest BCUT2D eigenvalue weighted by Crippen LogP contribution is 2.22. The third-order valence-electron chi connectivity index (χ3n) is 2.72. The van der Waals surface area contributed by atoms with Crippen molar-refractivity contribution in [1.82, 2.24) is 5.23 Å². The topological polar surface area (TPSA) is 29.1 Å². The van der Waals surface area contributed by atoms with Crippen LogP contribution in [0.1, 0.15) is 25.8 Å². The Morgan fingerprint density at radius 2 is 1.93 bits per heavy atom. The van der Waals surface area contributed by atoms with Gasteiger partial charge in [0.05, 0.1) is 0 Å². The Morgan fingerprint density at radius 3 is 2.47 bits per heavy atom. The predicted molar refractivity (Wildman–Crippen MR) is 65.2 cm³/mol. The second-order valence-corrected chi connectivity index (χ2v) is 4.45. The van der Waals surface area contributed by atoms with Gasteiger partial charge in [-0.25, -0.2) is 0 Å². The summed E-state index contributed by atoms with van der Waals surface area (Å²) in [5.74, 6) is 0.110. The fourth-order valence-corrected chi connectivity index (χ4v) is 1.55. The zero-order valence-electron chi connectivity index (χ0n) is 9.71. The molecule has 0 unspecified atom stereocenters. The summed E-state index contributed by atoms with van der Waals surface area (Å²) >= 11 is 0. The first-order chi connectivity index (χ1) is 7.06. The third-order valence-corrected chi connectivity index (χ3v) is 2.72. The molecule has 0 aliphatic rings. The number of amides is 1. The van der Waals surface area contributed by atoms with E-state index in [1.54, 1.807) is 7.98 Å². The van der Waals surface area contributed by atoms with Gasteiger partial charge in [0.15, 0.2) is 0 Å². The van der Waals surface area contributed by atoms with Crippen molar-refractivity contribution in [3.63, 3.8) is 0 Å². The SMILES string of the molecule is BNC(=O)C(C)(C)CCc1ccccc1. The second kappa shape index (κ2) is 5.01. The van der Waals surface area contributed by atoms with Gasteiger partial charge in [0.25, 0.3) is 0 Å². The van der Waals surface area contributed by atoms with Crippen molar-refractivity contribution in [1.29, 1.82) is 0 Å². The quantitative estimate of drug-likeness (QED) is 0.734. The summed E-state index contributed by atoms with van der Waals surface area (Å²) in [6.45, 7) is 3.96. The summed E-state index contributed by atoms with van der Waals surface area (Å²) in [5.41, 5.74) is 0.999. The zero-order valence-corrected chi connectivity index (χ0v) is 9.71. The largest absolute Gasteiger partial charge is 0.406 e. The van der Waals surface area contributed by atoms with E-state index in [2.05, 4.69) is 17.4 Å². The molecule has 0 aromatic heterocycles. The summed E-state index contributed by atoms with van der Waals surface area (Å²) in [6.07, 6.45) is 1.82. The zero-order chi connectivity index (χ0) is 11.3. The molecule has 1 aromatic carbocycles. The van der Waals surface area contributed by atoms with Gasteiger partial charge in [0, 0.05) is 5.41 Å². The minimum absolute atomic E-state index is 0.110. The molecule has 1 N–H and O–H groups in total. The van der Waals surface area contributed by atoms with E-state index in [-0.39, 0.29) is 11.3 Å². The van der Waals surface area contributed by atoms with E-state index in [1.165, 1.54) is 5.56 Å². The molecule has 0 spiro atoms. The van der Waals surface area contributed by atoms with Gasteiger partial charge in [-0.05, 0) is 18.4 Å². The Morgan fingerprint density at radius 1 is 1.33 bits per heavy atom. The summed E-state index contributed by atoms with van der Waals surface area (Å²) in [6, 6.07) is 10.3. The summed E-state index contributed by atoms with van der Waals surface area (Å²) in [7, 11) is 1.69. The van der Waals surface area contributed by atoms with Crippen LogP contribution in [0.3, 0.4) is 0 Å². The fourth-order valence-electron chi connectivity index (χ4n) is 1.55. The number of hydrogen-bond acceptors (Lipinski definition) is 1. The van der Waals surface area contributed by atoms with Crippen LogP contribution in [-0.2, 0) is 11.2 Å². The van der Waals surface area contributed by atoms with Gasteiger partial charge in [-0.15, -0.1) is 0 Å². The maximum absolute atomic E-state index is 11.5. The van der Waals surface area contributed by atoms with E-state index in [9.17, 15) is 4.79 Å². The minimum Gasteiger partial charge on any atom is -0.406 e. The number of rotatable bonds is 4. The van der Waals surface area contributed by atoms with Gasteiger partial charge in [-0.3, -0.25) is 4.79 Å². The summed E-state index contributed by atoms with van der Waals surface area (Å²) < 4.78 is 0. The lowest BCUT2D eigenvalue weighted by Crippen LogP contribution is -2.35. The molecule has 3 heteroatoms. The molecule has 0 atom stereocenters. The minimum atomic E-state index is -0.287. The van der Waals surface area contributed by atoms with Crippen LogP contribution in [0.4, 0.5) is 0 Å². The first-order valence-electron chi connectivity index (χ1n) is 5.32. The van der Waals surface area contributed by atoms with Crippen LogP contribution in [0.5, 0.6) is 0 Å². The van der Waals surface area contributed by atoms with Gasteiger partial charge < -0.3 is 5.23 Å². The number of aryl methyl sites for hydroxylation is 1. The highest BCUT2D eigenvalue weighted by Gasteiger charge is 2.25. The average molecular weight is 203 g/mol. The van der Waals surface area contributed by atoms with Gasteiger partial charge in [0.2, 0.25) is 13.9 Å². The van der Waals surface area contributed by atoms with Crippen molar-refractivity contribution in [3.8, 4) is 0 Å². The van der Waals surface area contributed by atoms with E-state index in [0.29, 0.717) is 0 Å². The second-order valence-electron chi connectivity index (χ2n) is 4.45. The lowest BCUT2D eigenvalue weighted by Gasteiger charge is -2.22. The molecular weight excluding hydrogens is 185 g/mol. The maximum Gasteiger partial charge on any atom is 0.217 e. The first-order valence-corrected chi connectivity index (χ1v) is 5.32. The number of carbonyl (C=O) groups excluding carboxylic acids is 1. The van der Waals surface area contributed by atoms with E-state index in [4.69, 9.17) is 0 Å². The Labute approximate surface area is 92.5 Å². The molecule has 80 valence electrons. The standard InChI is InChI=1S/C12H18BNO/c1-12(2,11(15)14-13)9-8-10-6-4-3-5-7-10/h3-7H,8-9,13H2,1-2H3,(H,14,15). The Bertz CT molecular complexity index is 322. The summed E-state index contributed by atoms with van der Waals surface area (Å²) in [5, 5.41) is 2.70. The van der Waals surface area contributed by atoms with E-state index < -0.39 is 0 Å². The van der Waals surface area contributed by atoms with E-state index >= 15 is 0 Å². The van der Waals surface area contributed by atoms with Gasteiger partial charge in [0.1, 0.15) is 0 Å². The Hall–Kier alpha value is -1.25. The molecule has 0 saturated carbocycles. The first kappa shape index (κ1) is 11.8. The van der Waals surface area contributed by atoms with Gasteiger partial charge in [-0.2, -0.15) is 0 Å². The van der Waals surface area contributed by atoms with Crippen LogP contribution < -0.4 is 5.23 Å². The number of nitrogens with one attached hydrogen (secondary N) is 1. The highest BCUT2D eigenvalue weighted by atomic mass is 16.1. The molecule has 0 saturated heterocycles. The van der Waals surface area contributed by atoms with Crippen LogP contribution in [0, 0.1) is 5.41 Å². The van der Waals surface area contributed by atoms with Crippen LogP contribution in [0.25, 0.3) is 0 Å². The average Bonchev–Trinajstić information content (AvgIpc) is 2.27. The van der Waals surface area contributed by atoms with Crippen molar-refractivity contribution in [2.45, 2.75) is 26.7 Å². The molecule has 2 nitrogen and oxygen atoms in total. The number of hydrogen-bond donors (Lipinski definition) is 1. The molecule has 0 bridgehead atoms. The molecule has 1 rings (SSSR count). The molecular formula is C12H18BNO. The normalized spacial score (nSPS) is 11.1. The van der Waals surface area contributed by atoms with Crippen LogP contribution >= 0.6 is 0 Å². The van der Waals surface area contributed by atoms with E-state index in [0.717, 1.165) is 12.8 Å². The molecule has 0 aliphatic heterocycles. The lowest BCUT2D eigenvalue weighted by atomic mass is 9.85. The van der Waals surface area contributed by atoms with Crippen molar-refractivity contribution >= 4 is 13.9 Å². The molecule has 0 aliphatic carbocycles. The Balaban J connectivity index is 2.53. The maximum atomic E-state index is 11.5. The van der Waals surface area contributed by atoms with Crippen molar-refractivity contribution in [3.05, 3.63) is 35.9 Å². The van der Waals surface area contributed by atoms with E-state index in [1.807, 2.05) is 32.0 Å². The predicted octanol–water partition coefficient (Wildman–Crippen LogP) is 1.31. The Kier molecular flexibility index (Phi) is 3.95. The number of carbonyl (C=O) groups is 1. The molecule has 15 heavy (non-hydrogen) atoms. The number of benzene rings is 1. The highest BCUT2D eigenvalue weighted by molar-refractivity contribution is 6.15. The van der Waals surface area contributed by atoms with Crippen LogP contribution in [-0.4, -0.2) is 13.9 Å². The molecule has 0 heterocycles. The van der Waals surface area contributed by atoms with Crippen molar-refractivity contribution in [2.75, 3.05) is 0 Å². The molecule has 0 fully saturated rings. The third kappa shape index (κ3) is 3.42. The van der Waals surface area contributed by atoms with Crippen molar-refractivity contribution in [2.24, 2.45) is 5.41 Å². The van der Waals surface area contributed by atoms with Crippen molar-refractivity contribution < 1.29 is 4.79 Å². The smallest absolute Gasteiger partial charge is 0.217 e. The summed E-state index contributed by atoms with van der Waals surface area (Å²) in [4.78, 5) is 11.5. The molecule has 1 amide bonds. The van der Waals surface area contributed by atoms with Gasteiger partial charge >= 0.3 is 0 Å². The lowest BCUT2D eigenvalue weighted by molar-refractivity contribution is -0.127.